The van der Waals surface area contributed by atoms with E-state index in [4.69, 9.17) is 0 Å². The van der Waals surface area contributed by atoms with Gasteiger partial charge in [-0.05, 0) is 31.6 Å². The van der Waals surface area contributed by atoms with Crippen molar-refractivity contribution in [3.05, 3.63) is 65.5 Å². The molecule has 0 amide bonds. The zero-order chi connectivity index (χ0) is 22.8. The smallest absolute Gasteiger partial charge is 0.340 e. The molecule has 3 rings (SSSR count). The van der Waals surface area contributed by atoms with Gasteiger partial charge in [-0.15, -0.1) is 0 Å². The van der Waals surface area contributed by atoms with Gasteiger partial charge in [0.1, 0.15) is 11.6 Å². The average molecular weight is 430 g/mol. The second-order valence-corrected chi connectivity index (χ2v) is 7.02. The fourth-order valence-corrected chi connectivity index (χ4v) is 2.84. The second kappa shape index (κ2) is 8.58. The molecule has 0 saturated carbocycles. The molecule has 0 aliphatic rings. The standard InChI is InChI=1S/C21H21F3N6O/c1-5-15(31)9-14-8-12(2)6-7-16(14)26-19-13(3)11-25-20(28-19)27-18-10-17(21(22,23)24)29-30(18)4/h5-8,10-11H,1,9H2,2-4H3,(H2,25,26,27,28). The number of benzene rings is 1. The monoisotopic (exact) mass is 430 g/mol. The first-order chi connectivity index (χ1) is 14.6. The van der Waals surface area contributed by atoms with Gasteiger partial charge in [0.05, 0.1) is 0 Å². The number of hydrogen-bond acceptors (Lipinski definition) is 6. The summed E-state index contributed by atoms with van der Waals surface area (Å²) in [6.07, 6.45) is -1.56. The van der Waals surface area contributed by atoms with E-state index in [1.54, 1.807) is 13.1 Å². The lowest BCUT2D eigenvalue weighted by molar-refractivity contribution is -0.141. The van der Waals surface area contributed by atoms with Crippen LogP contribution >= 0.6 is 0 Å². The number of allylic oxidation sites excluding steroid dienone is 1. The third-order valence-corrected chi connectivity index (χ3v) is 4.49. The predicted molar refractivity (Wildman–Crippen MR) is 112 cm³/mol. The number of nitrogens with one attached hydrogen (secondary N) is 2. The molecular formula is C21H21F3N6O. The molecule has 2 heterocycles. The van der Waals surface area contributed by atoms with Crippen LogP contribution in [-0.4, -0.2) is 25.5 Å². The molecule has 162 valence electrons. The number of nitrogens with zero attached hydrogens (tertiary/aromatic N) is 4. The minimum Gasteiger partial charge on any atom is -0.340 e. The number of ketones is 1. The van der Waals surface area contributed by atoms with Crippen molar-refractivity contribution in [1.29, 1.82) is 0 Å². The lowest BCUT2D eigenvalue weighted by atomic mass is 10.0. The summed E-state index contributed by atoms with van der Waals surface area (Å²) < 4.78 is 39.7. The lowest BCUT2D eigenvalue weighted by Gasteiger charge is -2.14. The number of alkyl halides is 3. The molecule has 0 aliphatic heterocycles. The fourth-order valence-electron chi connectivity index (χ4n) is 2.84. The van der Waals surface area contributed by atoms with E-state index < -0.39 is 11.9 Å². The molecule has 2 aromatic heterocycles. The van der Waals surface area contributed by atoms with Crippen molar-refractivity contribution in [2.75, 3.05) is 10.6 Å². The average Bonchev–Trinajstić information content (AvgIpc) is 3.07. The fraction of sp³-hybridized carbons (Fsp3) is 0.238. The van der Waals surface area contributed by atoms with E-state index in [9.17, 15) is 18.0 Å². The Kier molecular flexibility index (Phi) is 6.09. The Morgan fingerprint density at radius 3 is 2.61 bits per heavy atom. The Balaban J connectivity index is 1.89. The van der Waals surface area contributed by atoms with Gasteiger partial charge in [-0.2, -0.15) is 23.3 Å². The van der Waals surface area contributed by atoms with E-state index in [0.29, 0.717) is 17.1 Å². The molecule has 0 saturated heterocycles. The van der Waals surface area contributed by atoms with Gasteiger partial charge < -0.3 is 10.6 Å². The van der Waals surface area contributed by atoms with E-state index in [1.165, 1.54) is 13.1 Å². The zero-order valence-electron chi connectivity index (χ0n) is 17.2. The van der Waals surface area contributed by atoms with Crippen molar-refractivity contribution in [2.45, 2.75) is 26.4 Å². The van der Waals surface area contributed by atoms with Crippen molar-refractivity contribution in [2.24, 2.45) is 7.05 Å². The van der Waals surface area contributed by atoms with Crippen LogP contribution in [0, 0.1) is 13.8 Å². The van der Waals surface area contributed by atoms with Gasteiger partial charge in [-0.25, -0.2) is 4.98 Å². The number of aryl methyl sites for hydroxylation is 3. The highest BCUT2D eigenvalue weighted by Crippen LogP contribution is 2.30. The Hall–Kier alpha value is -3.69. The van der Waals surface area contributed by atoms with E-state index in [0.717, 1.165) is 21.9 Å². The molecule has 2 N–H and O–H groups in total. The van der Waals surface area contributed by atoms with E-state index in [2.05, 4.69) is 32.3 Å². The summed E-state index contributed by atoms with van der Waals surface area (Å²) in [6, 6.07) is 6.52. The maximum Gasteiger partial charge on any atom is 0.435 e. The molecular weight excluding hydrogens is 409 g/mol. The Labute approximate surface area is 177 Å². The van der Waals surface area contributed by atoms with Crippen molar-refractivity contribution < 1.29 is 18.0 Å². The third kappa shape index (κ3) is 5.27. The van der Waals surface area contributed by atoms with Gasteiger partial charge in [0.15, 0.2) is 11.5 Å². The SMILES string of the molecule is C=CC(=O)Cc1cc(C)ccc1Nc1nc(Nc2cc(C(F)(F)F)nn2C)ncc1C. The summed E-state index contributed by atoms with van der Waals surface area (Å²) in [5, 5.41) is 9.40. The van der Waals surface area contributed by atoms with Crippen LogP contribution in [0.5, 0.6) is 0 Å². The normalized spacial score (nSPS) is 11.3. The summed E-state index contributed by atoms with van der Waals surface area (Å²) in [6.45, 7) is 7.22. The Bertz CT molecular complexity index is 1140. The summed E-state index contributed by atoms with van der Waals surface area (Å²) in [4.78, 5) is 20.4. The second-order valence-electron chi connectivity index (χ2n) is 7.02. The largest absolute Gasteiger partial charge is 0.435 e. The summed E-state index contributed by atoms with van der Waals surface area (Å²) >= 11 is 0. The van der Waals surface area contributed by atoms with Crippen LogP contribution in [0.4, 0.5) is 36.4 Å². The number of carbonyl (C=O) groups is 1. The Morgan fingerprint density at radius 1 is 1.23 bits per heavy atom. The van der Waals surface area contributed by atoms with Gasteiger partial charge in [0, 0.05) is 37.0 Å². The van der Waals surface area contributed by atoms with Gasteiger partial charge >= 0.3 is 6.18 Å². The maximum atomic E-state index is 12.9. The molecule has 0 radical (unpaired) electrons. The van der Waals surface area contributed by atoms with Gasteiger partial charge in [-0.1, -0.05) is 24.3 Å². The minimum absolute atomic E-state index is 0.0923. The first-order valence-electron chi connectivity index (χ1n) is 9.30. The van der Waals surface area contributed by atoms with Crippen LogP contribution in [0.25, 0.3) is 0 Å². The third-order valence-electron chi connectivity index (χ3n) is 4.49. The number of halogens is 3. The lowest BCUT2D eigenvalue weighted by Crippen LogP contribution is -2.07. The first-order valence-corrected chi connectivity index (χ1v) is 9.30. The molecule has 7 nitrogen and oxygen atoms in total. The molecule has 0 fully saturated rings. The van der Waals surface area contributed by atoms with Gasteiger partial charge in [0.2, 0.25) is 5.95 Å². The summed E-state index contributed by atoms with van der Waals surface area (Å²) in [5.74, 6) is 0.523. The van der Waals surface area contributed by atoms with Crippen molar-refractivity contribution in [3.63, 3.8) is 0 Å². The molecule has 31 heavy (non-hydrogen) atoms. The number of anilines is 4. The predicted octanol–water partition coefficient (Wildman–Crippen LogP) is 4.63. The quantitative estimate of drug-likeness (QED) is 0.532. The zero-order valence-corrected chi connectivity index (χ0v) is 17.2. The minimum atomic E-state index is -4.55. The molecule has 0 bridgehead atoms. The number of aromatic nitrogens is 4. The molecule has 3 aromatic rings. The summed E-state index contributed by atoms with van der Waals surface area (Å²) in [5.41, 5.74) is 2.16. The van der Waals surface area contributed by atoms with Crippen LogP contribution < -0.4 is 10.6 Å². The summed E-state index contributed by atoms with van der Waals surface area (Å²) in [7, 11) is 1.39. The molecule has 0 aliphatic carbocycles. The topological polar surface area (TPSA) is 84.7 Å². The molecule has 0 unspecified atom stereocenters. The van der Waals surface area contributed by atoms with Crippen molar-refractivity contribution in [3.8, 4) is 0 Å². The van der Waals surface area contributed by atoms with E-state index >= 15 is 0 Å². The molecule has 0 spiro atoms. The highest BCUT2D eigenvalue weighted by Gasteiger charge is 2.34. The highest BCUT2D eigenvalue weighted by atomic mass is 19.4. The molecule has 0 atom stereocenters. The van der Waals surface area contributed by atoms with Crippen molar-refractivity contribution >= 4 is 29.1 Å². The van der Waals surface area contributed by atoms with Gasteiger partial charge in [0.25, 0.3) is 0 Å². The number of hydrogen-bond donors (Lipinski definition) is 2. The maximum absolute atomic E-state index is 12.9. The number of carbonyl (C=O) groups excluding carboxylic acids is 1. The Morgan fingerprint density at radius 2 is 1.97 bits per heavy atom. The molecule has 10 heteroatoms. The van der Waals surface area contributed by atoms with Crippen LogP contribution in [0.2, 0.25) is 0 Å². The molecule has 1 aromatic carbocycles. The first kappa shape index (κ1) is 22.0. The van der Waals surface area contributed by atoms with Crippen LogP contribution in [0.3, 0.4) is 0 Å². The van der Waals surface area contributed by atoms with E-state index in [1.807, 2.05) is 25.1 Å². The van der Waals surface area contributed by atoms with Crippen LogP contribution in [0.1, 0.15) is 22.4 Å². The van der Waals surface area contributed by atoms with E-state index in [-0.39, 0.29) is 24.0 Å². The van der Waals surface area contributed by atoms with Crippen molar-refractivity contribution in [1.82, 2.24) is 19.7 Å². The van der Waals surface area contributed by atoms with Crippen LogP contribution in [0.15, 0.2) is 43.1 Å². The highest BCUT2D eigenvalue weighted by molar-refractivity contribution is 5.92. The number of rotatable bonds is 7. The van der Waals surface area contributed by atoms with Crippen LogP contribution in [-0.2, 0) is 24.4 Å². The van der Waals surface area contributed by atoms with Gasteiger partial charge in [-0.3, -0.25) is 9.48 Å².